The highest BCUT2D eigenvalue weighted by Gasteiger charge is 2.26. The van der Waals surface area contributed by atoms with Crippen LogP contribution in [0.4, 0.5) is 0 Å². The van der Waals surface area contributed by atoms with Gasteiger partial charge in [0, 0.05) is 5.56 Å². The third kappa shape index (κ3) is 2.98. The highest BCUT2D eigenvalue weighted by atomic mass is 35.5. The molecule has 0 aromatic heterocycles. The number of ether oxygens (including phenoxy) is 3. The monoisotopic (exact) mass is 343 g/mol. The number of cyclic esters (lactones) is 1. The van der Waals surface area contributed by atoms with Crippen LogP contribution >= 0.6 is 11.6 Å². The molecule has 3 rings (SSSR count). The maximum absolute atomic E-state index is 12.1. The van der Waals surface area contributed by atoms with E-state index in [4.69, 9.17) is 25.8 Å². The van der Waals surface area contributed by atoms with Crippen molar-refractivity contribution in [3.8, 4) is 11.5 Å². The number of esters is 1. The van der Waals surface area contributed by atoms with Crippen molar-refractivity contribution in [2.45, 2.75) is 0 Å². The fraction of sp³-hybridized carbons (Fsp3) is 0.111. The number of benzene rings is 2. The molecule has 0 N–H and O–H groups in total. The fourth-order valence-electron chi connectivity index (χ4n) is 2.33. The number of carbonyl (C=O) groups is 1. The van der Waals surface area contributed by atoms with Gasteiger partial charge in [0.1, 0.15) is 0 Å². The van der Waals surface area contributed by atoms with Crippen LogP contribution in [0.5, 0.6) is 11.5 Å². The van der Waals surface area contributed by atoms with Gasteiger partial charge >= 0.3 is 5.97 Å². The van der Waals surface area contributed by atoms with Crippen LogP contribution in [0.3, 0.4) is 0 Å². The Kier molecular flexibility index (Phi) is 4.53. The normalized spacial score (nSPS) is 15.2. The second-order valence-corrected chi connectivity index (χ2v) is 5.31. The number of halogens is 1. The van der Waals surface area contributed by atoms with Crippen molar-refractivity contribution in [1.82, 2.24) is 0 Å². The van der Waals surface area contributed by atoms with E-state index in [-0.39, 0.29) is 11.6 Å². The minimum Gasteiger partial charge on any atom is -0.493 e. The van der Waals surface area contributed by atoms with E-state index >= 15 is 0 Å². The predicted molar refractivity (Wildman–Crippen MR) is 91.6 cm³/mol. The first kappa shape index (κ1) is 16.1. The molecule has 0 spiro atoms. The van der Waals surface area contributed by atoms with Gasteiger partial charge in [-0.05, 0) is 24.3 Å². The molecule has 2 aromatic rings. The van der Waals surface area contributed by atoms with E-state index in [1.165, 1.54) is 7.11 Å². The highest BCUT2D eigenvalue weighted by Crippen LogP contribution is 2.33. The van der Waals surface area contributed by atoms with Gasteiger partial charge in [0.15, 0.2) is 17.2 Å². The zero-order chi connectivity index (χ0) is 17.1. The third-order valence-electron chi connectivity index (χ3n) is 3.45. The number of rotatable bonds is 4. The van der Waals surface area contributed by atoms with Crippen molar-refractivity contribution < 1.29 is 19.0 Å². The Morgan fingerprint density at radius 1 is 1.08 bits per heavy atom. The standard InChI is InChI=1S/C18H14ClNO4/c1-22-15-9-5-6-11(16(15)23-2)10-14-18(21)24-17(20-14)12-7-3-4-8-13(12)19/h3-10H,1-2H3/b14-10-. The molecule has 0 atom stereocenters. The molecule has 1 aliphatic rings. The predicted octanol–water partition coefficient (Wildman–Crippen LogP) is 3.70. The maximum Gasteiger partial charge on any atom is 0.363 e. The summed E-state index contributed by atoms with van der Waals surface area (Å²) in [6.07, 6.45) is 1.59. The smallest absolute Gasteiger partial charge is 0.363 e. The van der Waals surface area contributed by atoms with E-state index in [9.17, 15) is 4.79 Å². The van der Waals surface area contributed by atoms with Gasteiger partial charge in [-0.15, -0.1) is 0 Å². The molecular formula is C18H14ClNO4. The van der Waals surface area contributed by atoms with Gasteiger partial charge in [-0.2, -0.15) is 0 Å². The van der Waals surface area contributed by atoms with E-state index in [1.807, 2.05) is 0 Å². The third-order valence-corrected chi connectivity index (χ3v) is 3.78. The molecule has 0 bridgehead atoms. The molecule has 0 fully saturated rings. The molecule has 5 nitrogen and oxygen atoms in total. The molecule has 0 saturated heterocycles. The Labute approximate surface area is 144 Å². The molecule has 0 radical (unpaired) electrons. The van der Waals surface area contributed by atoms with Crippen LogP contribution < -0.4 is 9.47 Å². The van der Waals surface area contributed by atoms with Crippen LogP contribution in [0, 0.1) is 0 Å². The van der Waals surface area contributed by atoms with Gasteiger partial charge < -0.3 is 14.2 Å². The summed E-state index contributed by atoms with van der Waals surface area (Å²) in [4.78, 5) is 16.4. The zero-order valence-electron chi connectivity index (χ0n) is 13.1. The molecule has 122 valence electrons. The van der Waals surface area contributed by atoms with Crippen LogP contribution in [0.1, 0.15) is 11.1 Å². The van der Waals surface area contributed by atoms with Gasteiger partial charge in [-0.1, -0.05) is 35.9 Å². The summed E-state index contributed by atoms with van der Waals surface area (Å²) in [6, 6.07) is 12.4. The quantitative estimate of drug-likeness (QED) is 0.627. The zero-order valence-corrected chi connectivity index (χ0v) is 13.8. The molecule has 0 amide bonds. The number of para-hydroxylation sites is 1. The van der Waals surface area contributed by atoms with Crippen LogP contribution in [0.15, 0.2) is 53.2 Å². The molecule has 0 unspecified atom stereocenters. The second-order valence-electron chi connectivity index (χ2n) is 4.90. The Hall–Kier alpha value is -2.79. The SMILES string of the molecule is COc1cccc(/C=C2\N=C(c3ccccc3Cl)OC2=O)c1OC. The Morgan fingerprint density at radius 3 is 2.58 bits per heavy atom. The lowest BCUT2D eigenvalue weighted by Gasteiger charge is -2.09. The van der Waals surface area contributed by atoms with E-state index in [0.29, 0.717) is 27.6 Å². The van der Waals surface area contributed by atoms with E-state index < -0.39 is 5.97 Å². The van der Waals surface area contributed by atoms with Crippen molar-refractivity contribution in [1.29, 1.82) is 0 Å². The number of hydrogen-bond acceptors (Lipinski definition) is 5. The van der Waals surface area contributed by atoms with Crippen molar-refractivity contribution in [3.05, 3.63) is 64.3 Å². The average Bonchev–Trinajstić information content (AvgIpc) is 2.95. The van der Waals surface area contributed by atoms with Crippen molar-refractivity contribution >= 4 is 29.5 Å². The lowest BCUT2D eigenvalue weighted by atomic mass is 10.1. The fourth-order valence-corrected chi connectivity index (χ4v) is 2.55. The summed E-state index contributed by atoms with van der Waals surface area (Å²) in [6.45, 7) is 0. The minimum absolute atomic E-state index is 0.163. The van der Waals surface area contributed by atoms with Crippen LogP contribution in [-0.4, -0.2) is 26.1 Å². The van der Waals surface area contributed by atoms with E-state index in [1.54, 1.807) is 55.7 Å². The lowest BCUT2D eigenvalue weighted by molar-refractivity contribution is -0.129. The van der Waals surface area contributed by atoms with Crippen LogP contribution in [0.2, 0.25) is 5.02 Å². The molecule has 24 heavy (non-hydrogen) atoms. The molecule has 0 saturated carbocycles. The van der Waals surface area contributed by atoms with Gasteiger partial charge in [0.05, 0.1) is 24.8 Å². The van der Waals surface area contributed by atoms with Crippen molar-refractivity contribution in [2.75, 3.05) is 14.2 Å². The first-order valence-electron chi connectivity index (χ1n) is 7.12. The number of carbonyl (C=O) groups excluding carboxylic acids is 1. The summed E-state index contributed by atoms with van der Waals surface area (Å²) in [7, 11) is 3.08. The first-order valence-corrected chi connectivity index (χ1v) is 7.50. The number of methoxy groups -OCH3 is 2. The molecule has 1 aliphatic heterocycles. The number of nitrogens with zero attached hydrogens (tertiary/aromatic N) is 1. The first-order chi connectivity index (χ1) is 11.6. The maximum atomic E-state index is 12.1. The molecule has 6 heteroatoms. The van der Waals surface area contributed by atoms with E-state index in [0.717, 1.165) is 0 Å². The topological polar surface area (TPSA) is 57.1 Å². The van der Waals surface area contributed by atoms with Crippen LogP contribution in [0.25, 0.3) is 6.08 Å². The Balaban J connectivity index is 2.03. The summed E-state index contributed by atoms with van der Waals surface area (Å²) in [5.74, 6) is 0.712. The second kappa shape index (κ2) is 6.76. The van der Waals surface area contributed by atoms with Crippen molar-refractivity contribution in [3.63, 3.8) is 0 Å². The van der Waals surface area contributed by atoms with Gasteiger partial charge in [-0.3, -0.25) is 0 Å². The van der Waals surface area contributed by atoms with E-state index in [2.05, 4.69) is 4.99 Å². The summed E-state index contributed by atoms with van der Waals surface area (Å²) in [5.41, 5.74) is 1.39. The van der Waals surface area contributed by atoms with Gasteiger partial charge in [0.25, 0.3) is 0 Å². The number of hydrogen-bond donors (Lipinski definition) is 0. The Bertz CT molecular complexity index is 858. The summed E-state index contributed by atoms with van der Waals surface area (Å²) >= 11 is 6.12. The summed E-state index contributed by atoms with van der Waals surface area (Å²) < 4.78 is 15.8. The number of aliphatic imine (C=N–C) groups is 1. The van der Waals surface area contributed by atoms with Crippen molar-refractivity contribution in [2.24, 2.45) is 4.99 Å². The average molecular weight is 344 g/mol. The Morgan fingerprint density at radius 2 is 1.88 bits per heavy atom. The molecule has 0 aliphatic carbocycles. The molecular weight excluding hydrogens is 330 g/mol. The van der Waals surface area contributed by atoms with Gasteiger partial charge in [-0.25, -0.2) is 9.79 Å². The lowest BCUT2D eigenvalue weighted by Crippen LogP contribution is -2.05. The summed E-state index contributed by atoms with van der Waals surface area (Å²) in [5, 5.41) is 0.462. The minimum atomic E-state index is -0.546. The van der Waals surface area contributed by atoms with Crippen LogP contribution in [-0.2, 0) is 9.53 Å². The molecule has 2 aromatic carbocycles. The van der Waals surface area contributed by atoms with Gasteiger partial charge in [0.2, 0.25) is 5.90 Å². The highest BCUT2D eigenvalue weighted by molar-refractivity contribution is 6.34. The molecule has 1 heterocycles. The largest absolute Gasteiger partial charge is 0.493 e.